The third-order valence-corrected chi connectivity index (χ3v) is 3.47. The van der Waals surface area contributed by atoms with E-state index in [1.165, 1.54) is 6.20 Å². The van der Waals surface area contributed by atoms with Gasteiger partial charge in [-0.15, -0.1) is 12.4 Å². The molecule has 1 saturated heterocycles. The van der Waals surface area contributed by atoms with E-state index in [0.29, 0.717) is 11.6 Å². The minimum atomic E-state index is -4.38. The number of nitrogens with zero attached hydrogens (tertiary/aromatic N) is 2. The highest BCUT2D eigenvalue weighted by Crippen LogP contribution is 2.30. The van der Waals surface area contributed by atoms with Crippen LogP contribution in [-0.4, -0.2) is 31.7 Å². The monoisotopic (exact) mass is 309 g/mol. The molecule has 0 atom stereocenters. The van der Waals surface area contributed by atoms with Crippen LogP contribution >= 0.6 is 12.4 Å². The van der Waals surface area contributed by atoms with E-state index in [1.807, 2.05) is 11.9 Å². The summed E-state index contributed by atoms with van der Waals surface area (Å²) in [5, 5.41) is 3.28. The van der Waals surface area contributed by atoms with Gasteiger partial charge in [0.25, 0.3) is 0 Å². The molecule has 0 saturated carbocycles. The average Bonchev–Trinajstić information content (AvgIpc) is 2.39. The van der Waals surface area contributed by atoms with Crippen molar-refractivity contribution in [3.8, 4) is 0 Å². The Morgan fingerprint density at radius 3 is 2.60 bits per heavy atom. The molecule has 0 amide bonds. The Morgan fingerprint density at radius 1 is 1.35 bits per heavy atom. The lowest BCUT2D eigenvalue weighted by atomic mass is 9.97. The molecule has 114 valence electrons. The zero-order chi connectivity index (χ0) is 13.9. The van der Waals surface area contributed by atoms with Gasteiger partial charge in [0, 0.05) is 25.5 Å². The van der Waals surface area contributed by atoms with Crippen LogP contribution in [0.15, 0.2) is 18.3 Å². The molecule has 0 bridgehead atoms. The van der Waals surface area contributed by atoms with Gasteiger partial charge in [0.1, 0.15) is 5.69 Å². The van der Waals surface area contributed by atoms with E-state index < -0.39 is 11.9 Å². The lowest BCUT2D eigenvalue weighted by Gasteiger charge is -2.29. The number of halogens is 4. The Labute approximate surface area is 123 Å². The van der Waals surface area contributed by atoms with Crippen molar-refractivity contribution in [3.05, 3.63) is 24.0 Å². The number of pyridine rings is 1. The summed E-state index contributed by atoms with van der Waals surface area (Å²) < 4.78 is 37.8. The lowest BCUT2D eigenvalue weighted by molar-refractivity contribution is -0.141. The number of anilines is 1. The number of alkyl halides is 3. The maximum absolute atomic E-state index is 12.6. The number of aromatic nitrogens is 1. The topological polar surface area (TPSA) is 28.2 Å². The Bertz CT molecular complexity index is 420. The van der Waals surface area contributed by atoms with Gasteiger partial charge in [-0.05, 0) is 44.0 Å². The number of hydrogen-bond acceptors (Lipinski definition) is 3. The SMILES string of the molecule is CN(CC1CCNCC1)c1ccnc(C(F)(F)F)c1.Cl. The Balaban J connectivity index is 0.00000200. The average molecular weight is 310 g/mol. The van der Waals surface area contributed by atoms with E-state index in [1.54, 1.807) is 6.07 Å². The van der Waals surface area contributed by atoms with Crippen LogP contribution in [0.25, 0.3) is 0 Å². The fourth-order valence-electron chi connectivity index (χ4n) is 2.37. The highest BCUT2D eigenvalue weighted by Gasteiger charge is 2.32. The summed E-state index contributed by atoms with van der Waals surface area (Å²) in [4.78, 5) is 5.26. The van der Waals surface area contributed by atoms with Gasteiger partial charge in [-0.25, -0.2) is 0 Å². The summed E-state index contributed by atoms with van der Waals surface area (Å²) in [5.41, 5.74) is -0.261. The maximum Gasteiger partial charge on any atom is 0.433 e. The molecule has 2 heterocycles. The third kappa shape index (κ3) is 4.52. The standard InChI is InChI=1S/C13H18F3N3.ClH/c1-19(9-10-2-5-17-6-3-10)11-4-7-18-12(8-11)13(14,15)16;/h4,7-8,10,17H,2-3,5-6,9H2,1H3;1H. The smallest absolute Gasteiger partial charge is 0.374 e. The lowest BCUT2D eigenvalue weighted by Crippen LogP contribution is -2.34. The molecule has 1 fully saturated rings. The van der Waals surface area contributed by atoms with E-state index in [0.717, 1.165) is 38.5 Å². The minimum Gasteiger partial charge on any atom is -0.374 e. The van der Waals surface area contributed by atoms with Gasteiger partial charge >= 0.3 is 6.18 Å². The first-order valence-corrected chi connectivity index (χ1v) is 6.42. The molecule has 20 heavy (non-hydrogen) atoms. The molecular weight excluding hydrogens is 291 g/mol. The zero-order valence-corrected chi connectivity index (χ0v) is 12.1. The quantitative estimate of drug-likeness (QED) is 0.930. The number of rotatable bonds is 3. The van der Waals surface area contributed by atoms with Crippen molar-refractivity contribution in [2.75, 3.05) is 31.6 Å². The molecule has 0 aliphatic carbocycles. The first-order valence-electron chi connectivity index (χ1n) is 6.42. The van der Waals surface area contributed by atoms with Gasteiger partial charge in [-0.3, -0.25) is 4.98 Å². The van der Waals surface area contributed by atoms with Crippen LogP contribution in [0, 0.1) is 5.92 Å². The number of hydrogen-bond donors (Lipinski definition) is 1. The Hall–Kier alpha value is -1.01. The maximum atomic E-state index is 12.6. The van der Waals surface area contributed by atoms with Gasteiger partial charge in [0.2, 0.25) is 0 Å². The molecule has 1 aliphatic heterocycles. The Morgan fingerprint density at radius 2 is 2.00 bits per heavy atom. The van der Waals surface area contributed by atoms with Crippen LogP contribution in [0.3, 0.4) is 0 Å². The Kier molecular flexibility index (Phi) is 6.07. The second-order valence-corrected chi connectivity index (χ2v) is 4.97. The molecule has 1 aliphatic rings. The predicted octanol–water partition coefficient (Wildman–Crippen LogP) is 2.96. The van der Waals surface area contributed by atoms with Crippen LogP contribution < -0.4 is 10.2 Å². The largest absolute Gasteiger partial charge is 0.433 e. The summed E-state index contributed by atoms with van der Waals surface area (Å²) in [6, 6.07) is 2.73. The molecule has 1 aromatic heterocycles. The van der Waals surface area contributed by atoms with Crippen LogP contribution in [0.2, 0.25) is 0 Å². The van der Waals surface area contributed by atoms with Crippen LogP contribution in [0.4, 0.5) is 18.9 Å². The van der Waals surface area contributed by atoms with E-state index in [4.69, 9.17) is 0 Å². The zero-order valence-electron chi connectivity index (χ0n) is 11.3. The molecule has 7 heteroatoms. The van der Waals surface area contributed by atoms with Crippen molar-refractivity contribution in [2.45, 2.75) is 19.0 Å². The summed E-state index contributed by atoms with van der Waals surface area (Å²) in [6.45, 7) is 2.76. The number of nitrogens with one attached hydrogen (secondary N) is 1. The van der Waals surface area contributed by atoms with Gasteiger partial charge < -0.3 is 10.2 Å². The van der Waals surface area contributed by atoms with Crippen LogP contribution in [0.5, 0.6) is 0 Å². The summed E-state index contributed by atoms with van der Waals surface area (Å²) >= 11 is 0. The molecule has 2 rings (SSSR count). The van der Waals surface area contributed by atoms with Crippen molar-refractivity contribution in [1.29, 1.82) is 0 Å². The molecule has 0 unspecified atom stereocenters. The summed E-state index contributed by atoms with van der Waals surface area (Å²) in [7, 11) is 1.83. The van der Waals surface area contributed by atoms with E-state index in [-0.39, 0.29) is 12.4 Å². The first-order chi connectivity index (χ1) is 8.97. The van der Waals surface area contributed by atoms with Crippen molar-refractivity contribution < 1.29 is 13.2 Å². The van der Waals surface area contributed by atoms with Crippen LogP contribution in [-0.2, 0) is 6.18 Å². The van der Waals surface area contributed by atoms with E-state index >= 15 is 0 Å². The fraction of sp³-hybridized carbons (Fsp3) is 0.615. The fourth-order valence-corrected chi connectivity index (χ4v) is 2.37. The highest BCUT2D eigenvalue weighted by atomic mass is 35.5. The first kappa shape index (κ1) is 17.0. The van der Waals surface area contributed by atoms with Gasteiger partial charge in [0.05, 0.1) is 0 Å². The van der Waals surface area contributed by atoms with Crippen molar-refractivity contribution in [3.63, 3.8) is 0 Å². The van der Waals surface area contributed by atoms with Crippen molar-refractivity contribution in [2.24, 2.45) is 5.92 Å². The number of piperidine rings is 1. The highest BCUT2D eigenvalue weighted by molar-refractivity contribution is 5.85. The summed E-state index contributed by atoms with van der Waals surface area (Å²) in [5.74, 6) is 0.536. The molecule has 3 nitrogen and oxygen atoms in total. The summed E-state index contributed by atoms with van der Waals surface area (Å²) in [6.07, 6.45) is -1.02. The van der Waals surface area contributed by atoms with Gasteiger partial charge in [0.15, 0.2) is 0 Å². The van der Waals surface area contributed by atoms with Crippen molar-refractivity contribution in [1.82, 2.24) is 10.3 Å². The molecule has 0 spiro atoms. The molecular formula is C13H19ClF3N3. The molecule has 0 aromatic carbocycles. The molecule has 0 radical (unpaired) electrons. The minimum absolute atomic E-state index is 0. The third-order valence-electron chi connectivity index (χ3n) is 3.47. The van der Waals surface area contributed by atoms with Crippen LogP contribution in [0.1, 0.15) is 18.5 Å². The van der Waals surface area contributed by atoms with Crippen molar-refractivity contribution >= 4 is 18.1 Å². The predicted molar refractivity (Wildman–Crippen MR) is 75.4 cm³/mol. The van der Waals surface area contributed by atoms with Gasteiger partial charge in [-0.2, -0.15) is 13.2 Å². The normalized spacial score (nSPS) is 16.6. The van der Waals surface area contributed by atoms with E-state index in [2.05, 4.69) is 10.3 Å². The second-order valence-electron chi connectivity index (χ2n) is 4.97. The second kappa shape index (κ2) is 7.13. The molecule has 1 N–H and O–H groups in total. The molecule has 1 aromatic rings. The van der Waals surface area contributed by atoms with E-state index in [9.17, 15) is 13.2 Å². The van der Waals surface area contributed by atoms with Gasteiger partial charge in [-0.1, -0.05) is 0 Å².